The highest BCUT2D eigenvalue weighted by Gasteiger charge is 2.13. The smallest absolute Gasteiger partial charge is 0.283 e. The van der Waals surface area contributed by atoms with E-state index in [0.29, 0.717) is 27.0 Å². The summed E-state index contributed by atoms with van der Waals surface area (Å²) in [6.07, 6.45) is 3.27. The van der Waals surface area contributed by atoms with Crippen molar-refractivity contribution in [1.82, 2.24) is 14.5 Å². The molecule has 0 saturated heterocycles. The minimum absolute atomic E-state index is 0.0725. The van der Waals surface area contributed by atoms with E-state index < -0.39 is 0 Å². The number of fused-ring (bicyclic) bond motifs is 1. The van der Waals surface area contributed by atoms with Crippen LogP contribution in [0.4, 0.5) is 5.69 Å². The number of nitrogen functional groups attached to an aromatic ring is 1. The first-order valence-corrected chi connectivity index (χ1v) is 7.27. The van der Waals surface area contributed by atoms with Crippen molar-refractivity contribution in [3.8, 4) is 0 Å². The Bertz CT molecular complexity index is 854. The van der Waals surface area contributed by atoms with E-state index in [1.54, 1.807) is 35.2 Å². The first-order chi connectivity index (χ1) is 10.0. The van der Waals surface area contributed by atoms with Gasteiger partial charge in [-0.2, -0.15) is 0 Å². The van der Waals surface area contributed by atoms with Crippen LogP contribution in [0.25, 0.3) is 11.1 Å². The Hall–Kier alpha value is -2.28. The fourth-order valence-corrected chi connectivity index (χ4v) is 2.68. The molecule has 21 heavy (non-hydrogen) atoms. The Kier molecular flexibility index (Phi) is 3.42. The molecule has 0 bridgehead atoms. The van der Waals surface area contributed by atoms with Crippen LogP contribution in [0, 0.1) is 0 Å². The maximum absolute atomic E-state index is 12.3. The van der Waals surface area contributed by atoms with Gasteiger partial charge in [-0.1, -0.05) is 0 Å². The molecular weight excluding hydrogens is 288 g/mol. The number of nitrogens with zero attached hydrogens (tertiary/aromatic N) is 3. The third kappa shape index (κ3) is 2.64. The first-order valence-electron chi connectivity index (χ1n) is 6.45. The zero-order valence-electron chi connectivity index (χ0n) is 11.6. The topological polar surface area (TPSA) is 86.9 Å². The van der Waals surface area contributed by atoms with E-state index >= 15 is 0 Å². The van der Waals surface area contributed by atoms with Crippen LogP contribution in [0.1, 0.15) is 19.9 Å². The maximum Gasteiger partial charge on any atom is 0.283 e. The number of nitrogens with two attached hydrogens (primary N) is 1. The largest absolute Gasteiger partial charge is 0.431 e. The van der Waals surface area contributed by atoms with Gasteiger partial charge >= 0.3 is 0 Å². The molecule has 1 aromatic carbocycles. The van der Waals surface area contributed by atoms with E-state index in [9.17, 15) is 4.79 Å². The lowest BCUT2D eigenvalue weighted by Crippen LogP contribution is -2.23. The minimum atomic E-state index is -0.153. The summed E-state index contributed by atoms with van der Waals surface area (Å²) in [4.78, 5) is 20.7. The highest BCUT2D eigenvalue weighted by Crippen LogP contribution is 2.27. The van der Waals surface area contributed by atoms with Crippen molar-refractivity contribution in [1.29, 1.82) is 0 Å². The van der Waals surface area contributed by atoms with Gasteiger partial charge in [-0.15, -0.1) is 0 Å². The van der Waals surface area contributed by atoms with Crippen molar-refractivity contribution < 1.29 is 4.42 Å². The normalized spacial score (nSPS) is 11.4. The second kappa shape index (κ2) is 5.25. The Balaban J connectivity index is 1.99. The second-order valence-electron chi connectivity index (χ2n) is 4.85. The van der Waals surface area contributed by atoms with Gasteiger partial charge in [0.1, 0.15) is 5.52 Å². The molecule has 0 atom stereocenters. The van der Waals surface area contributed by atoms with Gasteiger partial charge in [0.05, 0.1) is 0 Å². The average molecular weight is 302 g/mol. The fourth-order valence-electron chi connectivity index (χ4n) is 1.93. The van der Waals surface area contributed by atoms with Crippen LogP contribution in [-0.2, 0) is 0 Å². The number of benzene rings is 1. The first kappa shape index (κ1) is 13.7. The van der Waals surface area contributed by atoms with Crippen molar-refractivity contribution in [2.24, 2.45) is 0 Å². The number of rotatable bonds is 3. The molecule has 7 heteroatoms. The summed E-state index contributed by atoms with van der Waals surface area (Å²) in [6.45, 7) is 3.89. The Morgan fingerprint density at radius 2 is 2.19 bits per heavy atom. The van der Waals surface area contributed by atoms with Crippen molar-refractivity contribution >= 4 is 28.5 Å². The molecule has 0 spiro atoms. The zero-order chi connectivity index (χ0) is 15.0. The maximum atomic E-state index is 12.3. The molecule has 6 nitrogen and oxygen atoms in total. The molecule has 2 N–H and O–H groups in total. The van der Waals surface area contributed by atoms with Gasteiger partial charge in [0.15, 0.2) is 10.6 Å². The van der Waals surface area contributed by atoms with Crippen molar-refractivity contribution in [2.45, 2.75) is 30.1 Å². The standard InChI is InChI=1S/C14H14N4O2S/c1-8(2)18-6-5-16-12(13(18)19)21-14-17-10-4-3-9(15)7-11(10)20-14/h3-8H,15H2,1-2H3. The lowest BCUT2D eigenvalue weighted by molar-refractivity contribution is 0.488. The van der Waals surface area contributed by atoms with E-state index in [1.165, 1.54) is 0 Å². The molecule has 0 fully saturated rings. The van der Waals surface area contributed by atoms with Gasteiger partial charge in [0.2, 0.25) is 0 Å². The summed E-state index contributed by atoms with van der Waals surface area (Å²) in [5, 5.41) is 0.715. The van der Waals surface area contributed by atoms with Crippen LogP contribution in [0.3, 0.4) is 0 Å². The Morgan fingerprint density at radius 3 is 2.95 bits per heavy atom. The molecular formula is C14H14N4O2S. The van der Waals surface area contributed by atoms with Crippen molar-refractivity contribution in [2.75, 3.05) is 5.73 Å². The van der Waals surface area contributed by atoms with Gasteiger partial charge in [0, 0.05) is 30.2 Å². The predicted octanol–water partition coefficient (Wildman–Crippen LogP) is 2.70. The molecule has 0 aliphatic rings. The quantitative estimate of drug-likeness (QED) is 0.748. The molecule has 0 amide bonds. The van der Waals surface area contributed by atoms with Crippen LogP contribution in [0.15, 0.2) is 50.1 Å². The van der Waals surface area contributed by atoms with E-state index in [2.05, 4.69) is 9.97 Å². The highest BCUT2D eigenvalue weighted by molar-refractivity contribution is 7.99. The SMILES string of the molecule is CC(C)n1ccnc(Sc2nc3ccc(N)cc3o2)c1=O. The summed E-state index contributed by atoms with van der Waals surface area (Å²) in [6, 6.07) is 5.31. The Morgan fingerprint density at radius 1 is 1.38 bits per heavy atom. The molecule has 2 heterocycles. The number of hydrogen-bond donors (Lipinski definition) is 1. The molecule has 3 aromatic rings. The van der Waals surface area contributed by atoms with Gasteiger partial charge in [-0.3, -0.25) is 4.79 Å². The summed E-state index contributed by atoms with van der Waals surface area (Å²) < 4.78 is 7.21. The summed E-state index contributed by atoms with van der Waals surface area (Å²) in [5.74, 6) is 0. The van der Waals surface area contributed by atoms with E-state index in [1.807, 2.05) is 13.8 Å². The molecule has 0 radical (unpaired) electrons. The second-order valence-corrected chi connectivity index (χ2v) is 5.79. The van der Waals surface area contributed by atoms with Crippen LogP contribution < -0.4 is 11.3 Å². The number of anilines is 1. The van der Waals surface area contributed by atoms with Crippen LogP contribution >= 0.6 is 11.8 Å². The van der Waals surface area contributed by atoms with Crippen molar-refractivity contribution in [3.63, 3.8) is 0 Å². The minimum Gasteiger partial charge on any atom is -0.431 e. The molecule has 0 unspecified atom stereocenters. The zero-order valence-corrected chi connectivity index (χ0v) is 12.4. The number of aromatic nitrogens is 3. The molecule has 108 valence electrons. The molecule has 2 aromatic heterocycles. The molecule has 0 aliphatic carbocycles. The van der Waals surface area contributed by atoms with E-state index in [4.69, 9.17) is 10.2 Å². The average Bonchev–Trinajstić information content (AvgIpc) is 2.82. The van der Waals surface area contributed by atoms with Gasteiger partial charge in [-0.05, 0) is 37.7 Å². The lowest BCUT2D eigenvalue weighted by atomic mass is 10.3. The third-order valence-corrected chi connectivity index (χ3v) is 3.79. The number of oxazole rings is 1. The van der Waals surface area contributed by atoms with E-state index in [-0.39, 0.29) is 11.6 Å². The van der Waals surface area contributed by atoms with E-state index in [0.717, 1.165) is 11.8 Å². The summed E-state index contributed by atoms with van der Waals surface area (Å²) >= 11 is 1.11. The lowest BCUT2D eigenvalue weighted by Gasteiger charge is -2.09. The van der Waals surface area contributed by atoms with Gasteiger partial charge < -0.3 is 14.7 Å². The van der Waals surface area contributed by atoms with Crippen LogP contribution in [-0.4, -0.2) is 14.5 Å². The summed E-state index contributed by atoms with van der Waals surface area (Å²) in [5.41, 5.74) is 7.45. The predicted molar refractivity (Wildman–Crippen MR) is 81.4 cm³/mol. The fraction of sp³-hybridized carbons (Fsp3) is 0.214. The molecule has 3 rings (SSSR count). The van der Waals surface area contributed by atoms with Gasteiger partial charge in [0.25, 0.3) is 10.8 Å². The van der Waals surface area contributed by atoms with Crippen LogP contribution in [0.5, 0.6) is 0 Å². The monoisotopic (exact) mass is 302 g/mol. The molecule has 0 saturated carbocycles. The number of hydrogen-bond acceptors (Lipinski definition) is 6. The molecule has 0 aliphatic heterocycles. The highest BCUT2D eigenvalue weighted by atomic mass is 32.2. The van der Waals surface area contributed by atoms with Crippen molar-refractivity contribution in [3.05, 3.63) is 40.9 Å². The van der Waals surface area contributed by atoms with Crippen LogP contribution in [0.2, 0.25) is 0 Å². The summed E-state index contributed by atoms with van der Waals surface area (Å²) in [7, 11) is 0. The Labute approximate surface area is 125 Å². The van der Waals surface area contributed by atoms with Gasteiger partial charge in [-0.25, -0.2) is 9.97 Å². The third-order valence-electron chi connectivity index (χ3n) is 2.97.